The highest BCUT2D eigenvalue weighted by Crippen LogP contribution is 2.28. The molecule has 2 aliphatic rings. The van der Waals surface area contributed by atoms with Gasteiger partial charge in [0, 0.05) is 13.7 Å². The summed E-state index contributed by atoms with van der Waals surface area (Å²) in [4.78, 5) is 30.6. The number of aliphatic hydroxyl groups excluding tert-OH is 1. The predicted molar refractivity (Wildman–Crippen MR) is 107 cm³/mol. The van der Waals surface area contributed by atoms with Gasteiger partial charge in [-0.15, -0.1) is 0 Å². The maximum absolute atomic E-state index is 13.1. The number of benzene rings is 1. The van der Waals surface area contributed by atoms with Crippen LogP contribution in [0.15, 0.2) is 18.2 Å². The van der Waals surface area contributed by atoms with Crippen molar-refractivity contribution in [1.29, 1.82) is 0 Å². The first-order valence-electron chi connectivity index (χ1n) is 9.19. The molecule has 0 radical (unpaired) electrons. The highest BCUT2D eigenvalue weighted by molar-refractivity contribution is 6.42. The van der Waals surface area contributed by atoms with Crippen molar-refractivity contribution in [3.05, 3.63) is 33.8 Å². The normalized spacial score (nSPS) is 25.5. The van der Waals surface area contributed by atoms with Crippen LogP contribution in [0.1, 0.15) is 18.4 Å². The lowest BCUT2D eigenvalue weighted by Gasteiger charge is -2.40. The van der Waals surface area contributed by atoms with Gasteiger partial charge in [0.25, 0.3) is 5.91 Å². The SMILES string of the molecule is CN1C(=O)N(Cc2ccc(Cl)c(Cl)c2)C(=O)C2C1NC(NCCCCO)N2C. The van der Waals surface area contributed by atoms with E-state index >= 15 is 0 Å². The van der Waals surface area contributed by atoms with E-state index in [0.29, 0.717) is 23.0 Å². The highest BCUT2D eigenvalue weighted by atomic mass is 35.5. The average molecular weight is 430 g/mol. The number of likely N-dealkylation sites (N-methyl/N-ethyl adjacent to an activating group) is 2. The second kappa shape index (κ2) is 8.94. The van der Waals surface area contributed by atoms with Gasteiger partial charge in [0.1, 0.15) is 18.5 Å². The molecule has 3 atom stereocenters. The second-order valence-electron chi connectivity index (χ2n) is 7.08. The Balaban J connectivity index is 1.73. The van der Waals surface area contributed by atoms with Crippen LogP contribution in [0.25, 0.3) is 0 Å². The van der Waals surface area contributed by atoms with Gasteiger partial charge >= 0.3 is 6.03 Å². The fourth-order valence-electron chi connectivity index (χ4n) is 3.59. The Morgan fingerprint density at radius 3 is 2.61 bits per heavy atom. The summed E-state index contributed by atoms with van der Waals surface area (Å²) in [7, 11) is 3.53. The molecule has 1 aromatic carbocycles. The van der Waals surface area contributed by atoms with Crippen molar-refractivity contribution in [2.45, 2.75) is 37.9 Å². The Hall–Kier alpha value is -1.42. The van der Waals surface area contributed by atoms with E-state index in [1.54, 1.807) is 30.1 Å². The third kappa shape index (κ3) is 4.12. The van der Waals surface area contributed by atoms with Crippen LogP contribution in [0.3, 0.4) is 0 Å². The topological polar surface area (TPSA) is 88.2 Å². The van der Waals surface area contributed by atoms with Crippen molar-refractivity contribution in [2.75, 3.05) is 27.2 Å². The van der Waals surface area contributed by atoms with Crippen LogP contribution in [0.4, 0.5) is 4.79 Å². The zero-order valence-electron chi connectivity index (χ0n) is 15.9. The summed E-state index contributed by atoms with van der Waals surface area (Å²) in [5.74, 6) is -0.256. The van der Waals surface area contributed by atoms with Crippen molar-refractivity contribution >= 4 is 35.1 Å². The number of amides is 3. The van der Waals surface area contributed by atoms with Crippen molar-refractivity contribution in [3.8, 4) is 0 Å². The molecule has 2 fully saturated rings. The molecule has 3 N–H and O–H groups in total. The molecule has 8 nitrogen and oxygen atoms in total. The largest absolute Gasteiger partial charge is 0.396 e. The Labute approximate surface area is 174 Å². The molecule has 2 heterocycles. The predicted octanol–water partition coefficient (Wildman–Crippen LogP) is 1.26. The van der Waals surface area contributed by atoms with Crippen LogP contribution >= 0.6 is 23.2 Å². The maximum atomic E-state index is 13.1. The van der Waals surface area contributed by atoms with Crippen LogP contribution < -0.4 is 10.6 Å². The molecular formula is C18H25Cl2N5O3. The molecule has 1 aromatic rings. The van der Waals surface area contributed by atoms with Gasteiger partial charge in [-0.3, -0.25) is 25.2 Å². The van der Waals surface area contributed by atoms with E-state index in [-0.39, 0.29) is 31.4 Å². The summed E-state index contributed by atoms with van der Waals surface area (Å²) in [5, 5.41) is 16.3. The van der Waals surface area contributed by atoms with Gasteiger partial charge in [-0.25, -0.2) is 4.79 Å². The van der Waals surface area contributed by atoms with E-state index in [1.165, 1.54) is 4.90 Å². The lowest BCUT2D eigenvalue weighted by Crippen LogP contribution is -2.65. The molecule has 2 aliphatic heterocycles. The van der Waals surface area contributed by atoms with Crippen LogP contribution in [0.5, 0.6) is 0 Å². The van der Waals surface area contributed by atoms with Gasteiger partial charge in [-0.1, -0.05) is 29.3 Å². The Morgan fingerprint density at radius 1 is 1.18 bits per heavy atom. The number of hydrogen-bond donors (Lipinski definition) is 3. The number of rotatable bonds is 7. The number of fused-ring (bicyclic) bond motifs is 1. The number of urea groups is 1. The van der Waals surface area contributed by atoms with E-state index in [0.717, 1.165) is 12.0 Å². The van der Waals surface area contributed by atoms with E-state index in [2.05, 4.69) is 10.6 Å². The van der Waals surface area contributed by atoms with Crippen molar-refractivity contribution in [2.24, 2.45) is 0 Å². The van der Waals surface area contributed by atoms with Crippen LogP contribution in [-0.4, -0.2) is 77.5 Å². The van der Waals surface area contributed by atoms with Crippen molar-refractivity contribution < 1.29 is 14.7 Å². The van der Waals surface area contributed by atoms with Crippen LogP contribution in [0.2, 0.25) is 10.0 Å². The number of hydrogen-bond acceptors (Lipinski definition) is 6. The first-order valence-corrected chi connectivity index (χ1v) is 9.95. The van der Waals surface area contributed by atoms with Crippen molar-refractivity contribution in [3.63, 3.8) is 0 Å². The van der Waals surface area contributed by atoms with Gasteiger partial charge in [-0.05, 0) is 44.1 Å². The smallest absolute Gasteiger partial charge is 0.328 e. The Morgan fingerprint density at radius 2 is 1.93 bits per heavy atom. The molecule has 0 saturated carbocycles. The van der Waals surface area contributed by atoms with Gasteiger partial charge in [0.2, 0.25) is 0 Å². The lowest BCUT2D eigenvalue weighted by molar-refractivity contribution is -0.138. The second-order valence-corrected chi connectivity index (χ2v) is 7.89. The average Bonchev–Trinajstić information content (AvgIpc) is 3.00. The van der Waals surface area contributed by atoms with E-state index in [9.17, 15) is 9.59 Å². The Bertz CT molecular complexity index is 750. The summed E-state index contributed by atoms with van der Waals surface area (Å²) in [6, 6.07) is 4.21. The third-order valence-electron chi connectivity index (χ3n) is 5.19. The van der Waals surface area contributed by atoms with Crippen LogP contribution in [0, 0.1) is 0 Å². The fraction of sp³-hybridized carbons (Fsp3) is 0.556. The standard InChI is InChI=1S/C18H25Cl2N5O3/c1-23-14-15(22-17(23)21-7-3-4-8-26)24(2)18(28)25(16(14)27)10-11-5-6-12(19)13(20)9-11/h5-6,9,14-15,17,21-22,26H,3-4,7-8,10H2,1-2H3. The number of nitrogens with one attached hydrogen (secondary N) is 2. The number of carbonyl (C=O) groups excluding carboxylic acids is 2. The minimum atomic E-state index is -0.499. The molecule has 0 bridgehead atoms. The third-order valence-corrected chi connectivity index (χ3v) is 5.93. The monoisotopic (exact) mass is 429 g/mol. The van der Waals surface area contributed by atoms with Gasteiger partial charge in [-0.2, -0.15) is 0 Å². The molecule has 28 heavy (non-hydrogen) atoms. The molecule has 0 aromatic heterocycles. The lowest BCUT2D eigenvalue weighted by atomic mass is 10.1. The number of unbranched alkanes of at least 4 members (excludes halogenated alkanes) is 1. The molecule has 0 aliphatic carbocycles. The number of carbonyl (C=O) groups is 2. The molecule has 10 heteroatoms. The molecule has 154 valence electrons. The minimum absolute atomic E-state index is 0.130. The quantitative estimate of drug-likeness (QED) is 0.565. The molecule has 3 rings (SSSR count). The molecule has 2 saturated heterocycles. The summed E-state index contributed by atoms with van der Waals surface area (Å²) in [5.41, 5.74) is 0.732. The molecule has 3 amide bonds. The first kappa shape index (κ1) is 21.3. The summed E-state index contributed by atoms with van der Waals surface area (Å²) < 4.78 is 0. The summed E-state index contributed by atoms with van der Waals surface area (Å²) in [6.07, 6.45) is 0.887. The maximum Gasteiger partial charge on any atom is 0.328 e. The van der Waals surface area contributed by atoms with E-state index in [1.807, 2.05) is 11.9 Å². The van der Waals surface area contributed by atoms with E-state index in [4.69, 9.17) is 28.3 Å². The number of halogens is 2. The van der Waals surface area contributed by atoms with Gasteiger partial charge < -0.3 is 10.0 Å². The first-order chi connectivity index (χ1) is 13.3. The zero-order chi connectivity index (χ0) is 20.4. The number of aliphatic hydroxyl groups is 1. The minimum Gasteiger partial charge on any atom is -0.396 e. The van der Waals surface area contributed by atoms with Gasteiger partial charge in [0.05, 0.1) is 16.6 Å². The van der Waals surface area contributed by atoms with E-state index < -0.39 is 12.2 Å². The van der Waals surface area contributed by atoms with Crippen LogP contribution in [-0.2, 0) is 11.3 Å². The Kier molecular flexibility index (Phi) is 6.80. The fourth-order valence-corrected chi connectivity index (χ4v) is 3.92. The zero-order valence-corrected chi connectivity index (χ0v) is 17.4. The molecular weight excluding hydrogens is 405 g/mol. The molecule has 0 spiro atoms. The van der Waals surface area contributed by atoms with Crippen molar-refractivity contribution in [1.82, 2.24) is 25.3 Å². The number of imide groups is 1. The number of nitrogens with zero attached hydrogens (tertiary/aromatic N) is 3. The summed E-state index contributed by atoms with van der Waals surface area (Å²) >= 11 is 12.0. The van der Waals surface area contributed by atoms with Gasteiger partial charge in [0.15, 0.2) is 0 Å². The summed E-state index contributed by atoms with van der Waals surface area (Å²) in [6.45, 7) is 0.978. The highest BCUT2D eigenvalue weighted by Gasteiger charge is 2.52. The molecule has 3 unspecified atom stereocenters.